The quantitative estimate of drug-likeness (QED) is 0.849. The van der Waals surface area contributed by atoms with E-state index in [1.54, 1.807) is 11.8 Å². The van der Waals surface area contributed by atoms with Crippen molar-refractivity contribution in [2.24, 2.45) is 5.73 Å². The Morgan fingerprint density at radius 3 is 2.68 bits per heavy atom. The molecule has 2 N–H and O–H groups in total. The van der Waals surface area contributed by atoms with Gasteiger partial charge in [-0.25, -0.2) is 0 Å². The smallest absolute Gasteiger partial charge is 0.205 e. The Morgan fingerprint density at radius 2 is 2.05 bits per heavy atom. The molecule has 1 atom stereocenters. The molecule has 0 radical (unpaired) electrons. The fourth-order valence-corrected chi connectivity index (χ4v) is 3.39. The number of hydrogen-bond acceptors (Lipinski definition) is 5. The molecule has 0 saturated carbocycles. The molecule has 0 saturated heterocycles. The minimum atomic E-state index is -0.405. The Hall–Kier alpha value is -2.19. The Labute approximate surface area is 133 Å². The van der Waals surface area contributed by atoms with Gasteiger partial charge in [-0.05, 0) is 30.4 Å². The van der Waals surface area contributed by atoms with Crippen LogP contribution in [0.2, 0.25) is 0 Å². The lowest BCUT2D eigenvalue weighted by atomic mass is 9.78. The standard InChI is InChI=1S/C17H16N2O2S/c1-22-11-7-5-10(6-8-11)15-12(9-18)17(19)21-14-4-2-3-13(20)16(14)15/h5-8,15H,2-4,19H2,1H3/t15-/m1/s1. The van der Waals surface area contributed by atoms with E-state index in [-0.39, 0.29) is 11.7 Å². The molecule has 0 spiro atoms. The van der Waals surface area contributed by atoms with Crippen molar-refractivity contribution in [1.29, 1.82) is 5.26 Å². The lowest BCUT2D eigenvalue weighted by molar-refractivity contribution is -0.116. The van der Waals surface area contributed by atoms with Crippen LogP contribution < -0.4 is 5.73 Å². The third kappa shape index (κ3) is 2.40. The van der Waals surface area contributed by atoms with Crippen LogP contribution >= 0.6 is 11.8 Å². The zero-order valence-corrected chi connectivity index (χ0v) is 13.1. The molecule has 1 aliphatic carbocycles. The van der Waals surface area contributed by atoms with Crippen LogP contribution in [-0.2, 0) is 9.53 Å². The maximum Gasteiger partial charge on any atom is 0.205 e. The van der Waals surface area contributed by atoms with Gasteiger partial charge in [-0.15, -0.1) is 11.8 Å². The average Bonchev–Trinajstić information content (AvgIpc) is 2.54. The number of Topliss-reactive ketones (excluding diaryl/α,β-unsaturated/α-hetero) is 1. The van der Waals surface area contributed by atoms with Crippen LogP contribution in [0.5, 0.6) is 0 Å². The minimum absolute atomic E-state index is 0.0560. The summed E-state index contributed by atoms with van der Waals surface area (Å²) in [5.74, 6) is 0.402. The summed E-state index contributed by atoms with van der Waals surface area (Å²) in [5.41, 5.74) is 7.75. The monoisotopic (exact) mass is 312 g/mol. The molecule has 4 nitrogen and oxygen atoms in total. The number of nitriles is 1. The molecule has 3 rings (SSSR count). The largest absolute Gasteiger partial charge is 0.444 e. The fraction of sp³-hybridized carbons (Fsp3) is 0.294. The molecular formula is C17H16N2O2S. The number of nitrogens with two attached hydrogens (primary N) is 1. The number of ether oxygens (including phenoxy) is 1. The van der Waals surface area contributed by atoms with E-state index in [9.17, 15) is 10.1 Å². The lowest BCUT2D eigenvalue weighted by Crippen LogP contribution is -2.27. The molecule has 0 unspecified atom stereocenters. The number of allylic oxidation sites excluding steroid dienone is 3. The summed E-state index contributed by atoms with van der Waals surface area (Å²) in [4.78, 5) is 13.5. The van der Waals surface area contributed by atoms with Crippen molar-refractivity contribution in [3.8, 4) is 6.07 Å². The Bertz CT molecular complexity index is 726. The number of rotatable bonds is 2. The fourth-order valence-electron chi connectivity index (χ4n) is 2.99. The van der Waals surface area contributed by atoms with E-state index in [0.29, 0.717) is 29.7 Å². The molecule has 0 amide bonds. The van der Waals surface area contributed by atoms with Gasteiger partial charge in [0.15, 0.2) is 5.78 Å². The molecule has 22 heavy (non-hydrogen) atoms. The first-order valence-electron chi connectivity index (χ1n) is 7.13. The van der Waals surface area contributed by atoms with E-state index < -0.39 is 5.92 Å². The molecule has 1 aliphatic heterocycles. The van der Waals surface area contributed by atoms with Gasteiger partial charge in [0.2, 0.25) is 5.88 Å². The highest BCUT2D eigenvalue weighted by Gasteiger charge is 2.37. The van der Waals surface area contributed by atoms with Gasteiger partial charge >= 0.3 is 0 Å². The molecule has 1 heterocycles. The predicted molar refractivity (Wildman–Crippen MR) is 84.8 cm³/mol. The number of thioether (sulfide) groups is 1. The molecular weight excluding hydrogens is 296 g/mol. The topological polar surface area (TPSA) is 76.1 Å². The van der Waals surface area contributed by atoms with E-state index in [2.05, 4.69) is 6.07 Å². The number of nitrogens with zero attached hydrogens (tertiary/aromatic N) is 1. The molecule has 1 aromatic rings. The molecule has 0 fully saturated rings. The first-order chi connectivity index (χ1) is 10.7. The molecule has 1 aromatic carbocycles. The number of ketones is 1. The Balaban J connectivity index is 2.13. The Morgan fingerprint density at radius 1 is 1.32 bits per heavy atom. The van der Waals surface area contributed by atoms with Crippen LogP contribution in [0.1, 0.15) is 30.7 Å². The second-order valence-electron chi connectivity index (χ2n) is 5.31. The third-order valence-corrected chi connectivity index (χ3v) is 4.80. The van der Waals surface area contributed by atoms with Gasteiger partial charge in [0.05, 0.1) is 5.92 Å². The summed E-state index contributed by atoms with van der Waals surface area (Å²) in [7, 11) is 0. The highest BCUT2D eigenvalue weighted by Crippen LogP contribution is 2.43. The van der Waals surface area contributed by atoms with Crippen molar-refractivity contribution in [3.63, 3.8) is 0 Å². The van der Waals surface area contributed by atoms with Gasteiger partial charge in [0.25, 0.3) is 0 Å². The van der Waals surface area contributed by atoms with Gasteiger partial charge in [-0.1, -0.05) is 12.1 Å². The zero-order chi connectivity index (χ0) is 15.7. The van der Waals surface area contributed by atoms with Gasteiger partial charge in [-0.2, -0.15) is 5.26 Å². The van der Waals surface area contributed by atoms with Crippen LogP contribution in [0.4, 0.5) is 0 Å². The van der Waals surface area contributed by atoms with Gasteiger partial charge in [-0.3, -0.25) is 4.79 Å². The van der Waals surface area contributed by atoms with Crippen LogP contribution in [-0.4, -0.2) is 12.0 Å². The highest BCUT2D eigenvalue weighted by atomic mass is 32.2. The van der Waals surface area contributed by atoms with Crippen LogP contribution in [0.25, 0.3) is 0 Å². The normalized spacial score (nSPS) is 21.3. The molecule has 0 aromatic heterocycles. The van der Waals surface area contributed by atoms with Crippen LogP contribution in [0.3, 0.4) is 0 Å². The summed E-state index contributed by atoms with van der Waals surface area (Å²) >= 11 is 1.65. The van der Waals surface area contributed by atoms with Crippen molar-refractivity contribution >= 4 is 17.5 Å². The SMILES string of the molecule is CSc1ccc([C@@H]2C(C#N)=C(N)OC3=C2C(=O)CCC3)cc1. The van der Waals surface area contributed by atoms with Crippen LogP contribution in [0.15, 0.2) is 51.9 Å². The second-order valence-corrected chi connectivity index (χ2v) is 6.19. The van der Waals surface area contributed by atoms with Crippen LogP contribution in [0, 0.1) is 11.3 Å². The molecule has 5 heteroatoms. The zero-order valence-electron chi connectivity index (χ0n) is 12.3. The summed E-state index contributed by atoms with van der Waals surface area (Å²) < 4.78 is 5.55. The van der Waals surface area contributed by atoms with Gasteiger partial charge in [0, 0.05) is 23.3 Å². The van der Waals surface area contributed by atoms with Crippen molar-refractivity contribution in [1.82, 2.24) is 0 Å². The van der Waals surface area contributed by atoms with Crippen molar-refractivity contribution in [3.05, 3.63) is 52.6 Å². The van der Waals surface area contributed by atoms with E-state index in [1.807, 2.05) is 30.5 Å². The van der Waals surface area contributed by atoms with Crippen molar-refractivity contribution in [2.75, 3.05) is 6.26 Å². The summed E-state index contributed by atoms with van der Waals surface area (Å²) in [6, 6.07) is 10.0. The minimum Gasteiger partial charge on any atom is -0.444 e. The summed E-state index contributed by atoms with van der Waals surface area (Å²) in [6.07, 6.45) is 3.97. The average molecular weight is 312 g/mol. The van der Waals surface area contributed by atoms with Gasteiger partial charge in [0.1, 0.15) is 17.4 Å². The predicted octanol–water partition coefficient (Wildman–Crippen LogP) is 3.22. The molecule has 112 valence electrons. The number of hydrogen-bond donors (Lipinski definition) is 1. The maximum atomic E-state index is 12.4. The van der Waals surface area contributed by atoms with E-state index in [1.165, 1.54) is 0 Å². The third-order valence-electron chi connectivity index (χ3n) is 4.05. The number of carbonyl (C=O) groups excluding carboxylic acids is 1. The summed E-state index contributed by atoms with van der Waals surface area (Å²) in [6.45, 7) is 0. The van der Waals surface area contributed by atoms with Gasteiger partial charge < -0.3 is 10.5 Å². The lowest BCUT2D eigenvalue weighted by Gasteiger charge is -2.31. The van der Waals surface area contributed by atoms with Crippen molar-refractivity contribution < 1.29 is 9.53 Å². The molecule has 0 bridgehead atoms. The Kier molecular flexibility index (Phi) is 3.95. The van der Waals surface area contributed by atoms with E-state index in [4.69, 9.17) is 10.5 Å². The first-order valence-corrected chi connectivity index (χ1v) is 8.36. The van der Waals surface area contributed by atoms with Crippen molar-refractivity contribution in [2.45, 2.75) is 30.1 Å². The highest BCUT2D eigenvalue weighted by molar-refractivity contribution is 7.98. The molecule has 2 aliphatic rings. The number of benzene rings is 1. The summed E-state index contributed by atoms with van der Waals surface area (Å²) in [5, 5.41) is 9.46. The van der Waals surface area contributed by atoms with E-state index in [0.717, 1.165) is 16.9 Å². The van der Waals surface area contributed by atoms with E-state index >= 15 is 0 Å². The maximum absolute atomic E-state index is 12.4. The number of carbonyl (C=O) groups is 1. The first kappa shape index (κ1) is 14.7. The second kappa shape index (κ2) is 5.90.